The first-order valence-corrected chi connectivity index (χ1v) is 15.3. The second kappa shape index (κ2) is 13.7. The number of methoxy groups -OCH3 is 2. The van der Waals surface area contributed by atoms with E-state index in [0.29, 0.717) is 36.0 Å². The second-order valence-electron chi connectivity index (χ2n) is 11.5. The fourth-order valence-corrected chi connectivity index (χ4v) is 6.03. The number of pyridine rings is 1. The van der Waals surface area contributed by atoms with Crippen LogP contribution < -0.4 is 25.5 Å². The molecular formula is C34H35F3N7O4+. The summed E-state index contributed by atoms with van der Waals surface area (Å²) in [6, 6.07) is 14.0. The van der Waals surface area contributed by atoms with Gasteiger partial charge in [0.05, 0.1) is 50.9 Å². The monoisotopic (exact) mass is 662 g/mol. The number of benzene rings is 2. The summed E-state index contributed by atoms with van der Waals surface area (Å²) in [5, 5.41) is 15.5. The number of anilines is 1. The Morgan fingerprint density at radius 1 is 1.08 bits per heavy atom. The number of aliphatic hydroxyl groups is 1. The lowest BCUT2D eigenvalue weighted by atomic mass is 9.91. The molecule has 1 unspecified atom stereocenters. The number of nitrogens with zero attached hydrogens (tertiary/aromatic N) is 4. The topological polar surface area (TPSA) is 129 Å². The second-order valence-corrected chi connectivity index (χ2v) is 11.5. The van der Waals surface area contributed by atoms with E-state index < -0.39 is 17.6 Å². The highest BCUT2D eigenvalue weighted by Gasteiger charge is 2.48. The van der Waals surface area contributed by atoms with Crippen molar-refractivity contribution in [2.75, 3.05) is 32.7 Å². The summed E-state index contributed by atoms with van der Waals surface area (Å²) in [4.78, 5) is 26.5. The van der Waals surface area contributed by atoms with E-state index in [0.717, 1.165) is 48.1 Å². The van der Waals surface area contributed by atoms with Crippen molar-refractivity contribution in [3.8, 4) is 11.5 Å². The summed E-state index contributed by atoms with van der Waals surface area (Å²) in [5.74, 6) is 1.20. The average Bonchev–Trinajstić information content (AvgIpc) is 3.45. The van der Waals surface area contributed by atoms with Gasteiger partial charge in [0, 0.05) is 41.9 Å². The number of amidine groups is 1. The van der Waals surface area contributed by atoms with E-state index in [-0.39, 0.29) is 34.5 Å². The van der Waals surface area contributed by atoms with E-state index in [4.69, 9.17) is 14.5 Å². The molecule has 3 aromatic rings. The molecule has 0 spiro atoms. The first kappa shape index (κ1) is 33.0. The molecule has 48 heavy (non-hydrogen) atoms. The maximum atomic E-state index is 13.2. The lowest BCUT2D eigenvalue weighted by Gasteiger charge is -2.33. The Balaban J connectivity index is 1.32. The first-order chi connectivity index (χ1) is 23.1. The number of carbonyl (C=O) groups is 1. The number of hydrogen-bond donors (Lipinski definition) is 4. The number of fused-ring (bicyclic) bond motifs is 1. The molecule has 0 bridgehead atoms. The third-order valence-electron chi connectivity index (χ3n) is 8.65. The fraction of sp³-hybridized carbons (Fsp3) is 0.294. The molecule has 14 heteroatoms. The Labute approximate surface area is 275 Å². The molecular weight excluding hydrogens is 627 g/mol. The van der Waals surface area contributed by atoms with E-state index in [1.165, 1.54) is 0 Å². The Kier molecular flexibility index (Phi) is 9.42. The van der Waals surface area contributed by atoms with Crippen molar-refractivity contribution in [2.45, 2.75) is 31.6 Å². The van der Waals surface area contributed by atoms with Crippen molar-refractivity contribution in [3.05, 3.63) is 107 Å². The van der Waals surface area contributed by atoms with Crippen molar-refractivity contribution in [2.24, 2.45) is 15.9 Å². The van der Waals surface area contributed by atoms with Gasteiger partial charge in [0.15, 0.2) is 0 Å². The van der Waals surface area contributed by atoms with Crippen LogP contribution in [0.2, 0.25) is 0 Å². The van der Waals surface area contributed by atoms with Crippen LogP contribution >= 0.6 is 0 Å². The molecule has 11 nitrogen and oxygen atoms in total. The van der Waals surface area contributed by atoms with Crippen LogP contribution in [0.1, 0.15) is 39.9 Å². The number of rotatable bonds is 10. The maximum absolute atomic E-state index is 13.2. The smallest absolute Gasteiger partial charge is 0.416 e. The van der Waals surface area contributed by atoms with Crippen LogP contribution in [0, 0.1) is 5.92 Å². The van der Waals surface area contributed by atoms with Crippen molar-refractivity contribution < 1.29 is 37.1 Å². The lowest BCUT2D eigenvalue weighted by molar-refractivity contribution is -0.791. The number of aliphatic hydroxyl groups excluding tert-OH is 1. The van der Waals surface area contributed by atoms with Crippen LogP contribution in [-0.4, -0.2) is 66.1 Å². The number of nitrogens with one attached hydrogen (secondary N) is 3. The molecule has 4 heterocycles. The number of amides is 1. The van der Waals surface area contributed by atoms with Gasteiger partial charge in [-0.15, -0.1) is 10.0 Å². The molecule has 1 saturated heterocycles. The number of hydrogen-bond acceptors (Lipinski definition) is 9. The molecule has 4 N–H and O–H groups in total. The summed E-state index contributed by atoms with van der Waals surface area (Å²) in [7, 11) is 3.19. The number of quaternary nitrogens is 1. The number of ether oxygens (including phenoxy) is 2. The van der Waals surface area contributed by atoms with Crippen molar-refractivity contribution in [1.29, 1.82) is 0 Å². The number of halogens is 3. The molecule has 0 aliphatic carbocycles. The minimum atomic E-state index is -4.56. The molecule has 0 saturated carbocycles. The van der Waals surface area contributed by atoms with Gasteiger partial charge in [-0.3, -0.25) is 9.79 Å². The molecule has 1 aromatic heterocycles. The Hall–Kier alpha value is -4.89. The largest absolute Gasteiger partial charge is 0.497 e. The van der Waals surface area contributed by atoms with Crippen LogP contribution in [0.5, 0.6) is 11.5 Å². The minimum Gasteiger partial charge on any atom is -0.497 e. The summed E-state index contributed by atoms with van der Waals surface area (Å²) in [5.41, 5.74) is 6.27. The highest BCUT2D eigenvalue weighted by molar-refractivity contribution is 6.05. The third-order valence-corrected chi connectivity index (χ3v) is 8.65. The number of alkyl halides is 3. The van der Waals surface area contributed by atoms with E-state index in [1.54, 1.807) is 50.9 Å². The van der Waals surface area contributed by atoms with Gasteiger partial charge in [-0.1, -0.05) is 6.07 Å². The van der Waals surface area contributed by atoms with Gasteiger partial charge in [0.1, 0.15) is 29.2 Å². The molecule has 6 rings (SSSR count). The van der Waals surface area contributed by atoms with Gasteiger partial charge < -0.3 is 25.2 Å². The van der Waals surface area contributed by atoms with Gasteiger partial charge in [0.2, 0.25) is 5.70 Å². The normalized spacial score (nSPS) is 21.9. The van der Waals surface area contributed by atoms with Gasteiger partial charge in [-0.05, 0) is 55.3 Å². The number of carbonyl (C=O) groups excluding carboxylic acids is 1. The fourth-order valence-electron chi connectivity index (χ4n) is 6.03. The summed E-state index contributed by atoms with van der Waals surface area (Å²) < 4.78 is 50.6. The molecule has 3 aliphatic heterocycles. The number of allylic oxidation sites excluding steroid dienone is 1. The van der Waals surface area contributed by atoms with Crippen LogP contribution in [0.15, 0.2) is 94.6 Å². The van der Waals surface area contributed by atoms with Crippen LogP contribution in [0.4, 0.5) is 19.0 Å². The molecule has 0 radical (unpaired) electrons. The van der Waals surface area contributed by atoms with Crippen LogP contribution in [0.25, 0.3) is 0 Å². The Morgan fingerprint density at radius 2 is 1.90 bits per heavy atom. The SMILES string of the molecule is COc1ccc(CN[N+]23C=CN=CC2=C([C@H]2CC[C@@H](CO)NC2)N=C3c2ccc(C(=O)Nc3cc(C(F)(F)F)ccn3)cc2)c(OC)c1. The predicted octanol–water partition coefficient (Wildman–Crippen LogP) is 4.78. The molecule has 1 fully saturated rings. The first-order valence-electron chi connectivity index (χ1n) is 15.3. The van der Waals surface area contributed by atoms with E-state index in [1.807, 2.05) is 24.4 Å². The van der Waals surface area contributed by atoms with Crippen LogP contribution in [-0.2, 0) is 12.7 Å². The quantitative estimate of drug-likeness (QED) is 0.230. The van der Waals surface area contributed by atoms with Gasteiger partial charge in [-0.25, -0.2) is 4.98 Å². The van der Waals surface area contributed by atoms with Crippen molar-refractivity contribution >= 4 is 23.8 Å². The Morgan fingerprint density at radius 3 is 2.58 bits per heavy atom. The molecule has 3 atom stereocenters. The van der Waals surface area contributed by atoms with Gasteiger partial charge >= 0.3 is 6.18 Å². The number of piperidine rings is 1. The van der Waals surface area contributed by atoms with Crippen molar-refractivity contribution in [3.63, 3.8) is 0 Å². The third kappa shape index (κ3) is 6.60. The number of aliphatic imine (C=N–C) groups is 2. The number of aromatic nitrogens is 1. The molecule has 3 aliphatic rings. The van der Waals surface area contributed by atoms with Gasteiger partial charge in [0.25, 0.3) is 11.7 Å². The minimum absolute atomic E-state index is 0.0290. The van der Waals surface area contributed by atoms with E-state index >= 15 is 0 Å². The molecule has 250 valence electrons. The highest BCUT2D eigenvalue weighted by atomic mass is 19.4. The molecule has 2 aromatic carbocycles. The molecule has 1 amide bonds. The zero-order valence-corrected chi connectivity index (χ0v) is 26.3. The highest BCUT2D eigenvalue weighted by Crippen LogP contribution is 2.39. The summed E-state index contributed by atoms with van der Waals surface area (Å²) in [6.07, 6.45) is 3.45. The standard InChI is InChI=1S/C34H34F3N7O4/c1-47-27-10-8-23(29(16-27)48-2)18-41-44-14-13-38-19-28(44)31(24-7-9-26(20-45)40-17-24)43-32(44)21-3-5-22(6-4-21)33(46)42-30-15-25(11-12-39-30)34(35,36)37/h3-6,8,10-16,19,24,26,40-41,45H,7,9,17-18,20H2,1-2H3/p+1/t24-,26-,44?/m0/s1. The average molecular weight is 663 g/mol. The van der Waals surface area contributed by atoms with Crippen LogP contribution in [0.3, 0.4) is 0 Å². The van der Waals surface area contributed by atoms with E-state index in [2.05, 4.69) is 26.0 Å². The van der Waals surface area contributed by atoms with E-state index in [9.17, 15) is 23.1 Å². The van der Waals surface area contributed by atoms with Crippen molar-refractivity contribution in [1.82, 2.24) is 15.7 Å². The lowest BCUT2D eigenvalue weighted by Crippen LogP contribution is -2.56. The zero-order valence-electron chi connectivity index (χ0n) is 26.3. The summed E-state index contributed by atoms with van der Waals surface area (Å²) in [6.45, 7) is 1.07. The predicted molar refractivity (Wildman–Crippen MR) is 173 cm³/mol. The zero-order chi connectivity index (χ0) is 33.9. The summed E-state index contributed by atoms with van der Waals surface area (Å²) >= 11 is 0. The maximum Gasteiger partial charge on any atom is 0.416 e. The Bertz CT molecular complexity index is 1800. The van der Waals surface area contributed by atoms with Gasteiger partial charge in [-0.2, -0.15) is 18.2 Å².